The maximum Gasteiger partial charge on any atom is 1.00 e. The van der Waals surface area contributed by atoms with Crippen LogP contribution in [0.2, 0.25) is 0 Å². The Hall–Kier alpha value is -0.479. The van der Waals surface area contributed by atoms with E-state index in [0.29, 0.717) is 10.3 Å². The first-order valence-corrected chi connectivity index (χ1v) is 6.65. The standard InChI is InChI=1S/C14H16BF3NO3.K/c1-14(2,3)22-13(20)19-11-6-5-10(21-4)7-9(11)8-12(19)15(16,17)18;/h5-8H,1-4H3;/q-1;+1. The van der Waals surface area contributed by atoms with Crippen LogP contribution in [0.5, 0.6) is 5.75 Å². The van der Waals surface area contributed by atoms with Crippen molar-refractivity contribution in [3.63, 3.8) is 0 Å². The number of benzene rings is 1. The molecule has 0 saturated carbocycles. The SMILES string of the molecule is COc1ccc2c(c1)cc([B-](F)(F)F)n2C(=O)OC(C)(C)C.[K+]. The number of carbonyl (C=O) groups is 1. The Morgan fingerprint density at radius 3 is 2.26 bits per heavy atom. The summed E-state index contributed by atoms with van der Waals surface area (Å²) in [5.74, 6) is 0.412. The Bertz CT molecular complexity index is 722. The zero-order chi connectivity index (χ0) is 16.7. The van der Waals surface area contributed by atoms with Crippen LogP contribution in [0.25, 0.3) is 10.9 Å². The van der Waals surface area contributed by atoms with E-state index in [1.807, 2.05) is 0 Å². The number of halogens is 3. The molecule has 120 valence electrons. The van der Waals surface area contributed by atoms with Gasteiger partial charge in [-0.05, 0) is 44.6 Å². The normalized spacial score (nSPS) is 12.0. The summed E-state index contributed by atoms with van der Waals surface area (Å²) >= 11 is 0. The van der Waals surface area contributed by atoms with E-state index in [1.54, 1.807) is 20.8 Å². The molecule has 0 aliphatic heterocycles. The molecule has 2 aromatic rings. The molecule has 0 unspecified atom stereocenters. The van der Waals surface area contributed by atoms with E-state index in [1.165, 1.54) is 25.3 Å². The van der Waals surface area contributed by atoms with Crippen molar-refractivity contribution in [2.45, 2.75) is 26.4 Å². The Labute approximate surface area is 174 Å². The molecule has 9 heteroatoms. The largest absolute Gasteiger partial charge is 1.00 e. The van der Waals surface area contributed by atoms with Crippen LogP contribution in [-0.2, 0) is 4.74 Å². The first-order valence-electron chi connectivity index (χ1n) is 6.65. The fraction of sp³-hybridized carbons (Fsp3) is 0.357. The third-order valence-corrected chi connectivity index (χ3v) is 2.95. The van der Waals surface area contributed by atoms with Gasteiger partial charge in [0.25, 0.3) is 0 Å². The van der Waals surface area contributed by atoms with Crippen LogP contribution < -0.4 is 61.7 Å². The third kappa shape index (κ3) is 4.76. The summed E-state index contributed by atoms with van der Waals surface area (Å²) in [5, 5.41) is 0.263. The summed E-state index contributed by atoms with van der Waals surface area (Å²) in [7, 11) is 1.42. The number of nitrogens with zero attached hydrogens (tertiary/aromatic N) is 1. The topological polar surface area (TPSA) is 40.5 Å². The van der Waals surface area contributed by atoms with Gasteiger partial charge in [-0.25, -0.2) is 4.79 Å². The van der Waals surface area contributed by atoms with E-state index < -0.39 is 24.3 Å². The van der Waals surface area contributed by atoms with Crippen LogP contribution in [0.1, 0.15) is 20.8 Å². The molecule has 0 saturated heterocycles. The molecule has 0 fully saturated rings. The Morgan fingerprint density at radius 1 is 1.17 bits per heavy atom. The van der Waals surface area contributed by atoms with Gasteiger partial charge < -0.3 is 22.4 Å². The monoisotopic (exact) mass is 353 g/mol. The molecular weight excluding hydrogens is 337 g/mol. The van der Waals surface area contributed by atoms with Crippen molar-refractivity contribution in [1.29, 1.82) is 0 Å². The summed E-state index contributed by atoms with van der Waals surface area (Å²) in [6.07, 6.45) is -1.05. The van der Waals surface area contributed by atoms with Gasteiger partial charge in [-0.2, -0.15) is 0 Å². The molecule has 0 N–H and O–H groups in total. The van der Waals surface area contributed by atoms with Crippen molar-refractivity contribution in [2.24, 2.45) is 0 Å². The molecule has 23 heavy (non-hydrogen) atoms. The maximum atomic E-state index is 13.3. The van der Waals surface area contributed by atoms with Gasteiger partial charge in [0.1, 0.15) is 11.4 Å². The molecule has 2 rings (SSSR count). The van der Waals surface area contributed by atoms with Crippen LogP contribution in [-0.4, -0.2) is 30.3 Å². The Morgan fingerprint density at radius 2 is 1.78 bits per heavy atom. The van der Waals surface area contributed by atoms with E-state index in [2.05, 4.69) is 0 Å². The van der Waals surface area contributed by atoms with Crippen LogP contribution in [0.15, 0.2) is 24.3 Å². The number of aromatic nitrogens is 1. The smallest absolute Gasteiger partial charge is 0.497 e. The zero-order valence-corrected chi connectivity index (χ0v) is 16.8. The zero-order valence-electron chi connectivity index (χ0n) is 13.7. The van der Waals surface area contributed by atoms with Gasteiger partial charge in [0, 0.05) is 5.39 Å². The van der Waals surface area contributed by atoms with Crippen LogP contribution in [0.3, 0.4) is 0 Å². The number of fused-ring (bicyclic) bond motifs is 1. The summed E-state index contributed by atoms with van der Waals surface area (Å²) in [5.41, 5.74) is -1.78. The second-order valence-corrected chi connectivity index (χ2v) is 5.88. The quantitative estimate of drug-likeness (QED) is 0.738. The first kappa shape index (κ1) is 20.6. The van der Waals surface area contributed by atoms with Gasteiger partial charge in [-0.1, -0.05) is 6.07 Å². The van der Waals surface area contributed by atoms with Crippen LogP contribution in [0, 0.1) is 0 Å². The predicted molar refractivity (Wildman–Crippen MR) is 78.8 cm³/mol. The maximum absolute atomic E-state index is 13.3. The van der Waals surface area contributed by atoms with E-state index in [0.717, 1.165) is 6.07 Å². The average molecular weight is 353 g/mol. The second-order valence-electron chi connectivity index (χ2n) is 5.88. The summed E-state index contributed by atoms with van der Waals surface area (Å²) in [6.45, 7) is -0.579. The van der Waals surface area contributed by atoms with Crippen LogP contribution in [0.4, 0.5) is 17.7 Å². The van der Waals surface area contributed by atoms with Crippen molar-refractivity contribution in [3.05, 3.63) is 24.3 Å². The number of ether oxygens (including phenoxy) is 2. The van der Waals surface area contributed by atoms with Crippen molar-refractivity contribution in [3.8, 4) is 5.75 Å². The predicted octanol–water partition coefficient (Wildman–Crippen LogP) is 0.491. The van der Waals surface area contributed by atoms with Crippen LogP contribution >= 0.6 is 0 Å². The fourth-order valence-electron chi connectivity index (χ4n) is 2.09. The van der Waals surface area contributed by atoms with Crippen molar-refractivity contribution < 1.29 is 78.6 Å². The molecule has 0 bridgehead atoms. The minimum atomic E-state index is -5.36. The van der Waals surface area contributed by atoms with E-state index in [9.17, 15) is 17.7 Å². The van der Waals surface area contributed by atoms with Gasteiger partial charge in [0.05, 0.1) is 12.6 Å². The first-order chi connectivity index (χ1) is 10.0. The van der Waals surface area contributed by atoms with Gasteiger partial charge in [0.2, 0.25) is 0 Å². The van der Waals surface area contributed by atoms with E-state index in [-0.39, 0.29) is 62.3 Å². The van der Waals surface area contributed by atoms with Gasteiger partial charge in [-0.3, -0.25) is 4.57 Å². The summed E-state index contributed by atoms with van der Waals surface area (Å²) in [6, 6.07) is 5.28. The summed E-state index contributed by atoms with van der Waals surface area (Å²) in [4.78, 5) is 12.2. The number of hydrogen-bond donors (Lipinski definition) is 0. The molecule has 4 nitrogen and oxygen atoms in total. The molecule has 1 heterocycles. The molecule has 1 aromatic heterocycles. The van der Waals surface area contributed by atoms with Crippen molar-refractivity contribution >= 4 is 29.6 Å². The number of carbonyl (C=O) groups excluding carboxylic acids is 1. The molecule has 0 amide bonds. The number of hydrogen-bond acceptors (Lipinski definition) is 3. The van der Waals surface area contributed by atoms with Gasteiger partial charge in [0.15, 0.2) is 0 Å². The van der Waals surface area contributed by atoms with Crippen molar-refractivity contribution in [2.75, 3.05) is 7.11 Å². The molecule has 0 atom stereocenters. The molecule has 0 spiro atoms. The second kappa shape index (κ2) is 7.18. The number of methoxy groups -OCH3 is 1. The average Bonchev–Trinajstić information content (AvgIpc) is 2.74. The summed E-state index contributed by atoms with van der Waals surface area (Å²) < 4.78 is 50.4. The van der Waals surface area contributed by atoms with Gasteiger partial charge in [-0.15, -0.1) is 0 Å². The minimum Gasteiger partial charge on any atom is -0.497 e. The Kier molecular flexibility index (Phi) is 6.42. The van der Waals surface area contributed by atoms with E-state index in [4.69, 9.17) is 9.47 Å². The molecule has 1 aromatic carbocycles. The fourth-order valence-corrected chi connectivity index (χ4v) is 2.09. The molecule has 0 radical (unpaired) electrons. The molecule has 0 aliphatic carbocycles. The minimum absolute atomic E-state index is 0. The molecular formula is C14H16BF3KNO3. The number of rotatable bonds is 2. The van der Waals surface area contributed by atoms with E-state index >= 15 is 0 Å². The van der Waals surface area contributed by atoms with Crippen molar-refractivity contribution in [1.82, 2.24) is 4.57 Å². The Balaban J connectivity index is 0.00000264. The molecule has 0 aliphatic rings. The van der Waals surface area contributed by atoms with Gasteiger partial charge >= 0.3 is 64.5 Å². The third-order valence-electron chi connectivity index (χ3n) is 2.95.